The maximum Gasteiger partial charge on any atom is 0.227 e. The molecule has 1 heterocycles. The number of rotatable bonds is 4. The van der Waals surface area contributed by atoms with E-state index in [1.54, 1.807) is 18.3 Å². The predicted molar refractivity (Wildman–Crippen MR) is 82.7 cm³/mol. The molecule has 0 atom stereocenters. The highest BCUT2D eigenvalue weighted by atomic mass is 16.5. The number of phenolic OH excluding ortho intramolecular Hbond substituents is 1. The average Bonchev–Trinajstić information content (AvgIpc) is 2.50. The van der Waals surface area contributed by atoms with E-state index in [1.165, 1.54) is 0 Å². The third-order valence-corrected chi connectivity index (χ3v) is 3.26. The van der Waals surface area contributed by atoms with Crippen LogP contribution in [0.5, 0.6) is 17.4 Å². The van der Waals surface area contributed by atoms with Gasteiger partial charge in [0.2, 0.25) is 5.88 Å². The molecule has 2 N–H and O–H groups in total. The molecular formula is C17H16N2O2. The fraction of sp³-hybridized carbons (Fsp3) is 0.118. The Morgan fingerprint density at radius 3 is 2.86 bits per heavy atom. The monoisotopic (exact) mass is 280 g/mol. The molecule has 0 spiro atoms. The Balaban J connectivity index is 2.04. The van der Waals surface area contributed by atoms with Gasteiger partial charge < -0.3 is 15.2 Å². The molecule has 0 aliphatic carbocycles. The number of nitrogens with one attached hydrogen (secondary N) is 1. The van der Waals surface area contributed by atoms with Crippen molar-refractivity contribution in [3.8, 4) is 17.4 Å². The van der Waals surface area contributed by atoms with Gasteiger partial charge in [0.05, 0.1) is 0 Å². The molecule has 0 bridgehead atoms. The number of aromatic hydroxyl groups is 1. The average molecular weight is 280 g/mol. The number of benzene rings is 2. The van der Waals surface area contributed by atoms with E-state index >= 15 is 0 Å². The lowest BCUT2D eigenvalue weighted by atomic mass is 10.1. The van der Waals surface area contributed by atoms with E-state index in [-0.39, 0.29) is 5.75 Å². The first-order chi connectivity index (χ1) is 10.3. The Kier molecular flexibility index (Phi) is 3.71. The summed E-state index contributed by atoms with van der Waals surface area (Å²) in [6.45, 7) is 0.714. The van der Waals surface area contributed by atoms with E-state index in [1.807, 2.05) is 43.4 Å². The van der Waals surface area contributed by atoms with Crippen LogP contribution in [0.2, 0.25) is 0 Å². The number of pyridine rings is 1. The largest absolute Gasteiger partial charge is 0.508 e. The third kappa shape index (κ3) is 2.80. The number of hydrogen-bond donors (Lipinski definition) is 2. The van der Waals surface area contributed by atoms with E-state index < -0.39 is 0 Å². The van der Waals surface area contributed by atoms with Gasteiger partial charge in [0.25, 0.3) is 0 Å². The van der Waals surface area contributed by atoms with Gasteiger partial charge in [-0.15, -0.1) is 0 Å². The van der Waals surface area contributed by atoms with Gasteiger partial charge in [-0.1, -0.05) is 24.3 Å². The smallest absolute Gasteiger partial charge is 0.227 e. The van der Waals surface area contributed by atoms with Crippen LogP contribution in [0.4, 0.5) is 0 Å². The topological polar surface area (TPSA) is 54.4 Å². The molecule has 0 saturated carbocycles. The van der Waals surface area contributed by atoms with Crippen LogP contribution in [0.3, 0.4) is 0 Å². The quantitative estimate of drug-likeness (QED) is 0.768. The standard InChI is InChI=1S/C17H16N2O2/c1-18-11-13-4-2-3-5-16(13)21-17-15-10-14(20)7-6-12(15)8-9-19-17/h2-10,18,20H,11H2,1H3. The molecule has 0 saturated heterocycles. The SMILES string of the molecule is CNCc1ccccc1Oc1nccc2ccc(O)cc12. The summed E-state index contributed by atoms with van der Waals surface area (Å²) in [6, 6.07) is 14.9. The summed E-state index contributed by atoms with van der Waals surface area (Å²) in [7, 11) is 1.89. The van der Waals surface area contributed by atoms with Crippen LogP contribution in [-0.2, 0) is 6.54 Å². The van der Waals surface area contributed by atoms with Crippen molar-refractivity contribution >= 4 is 10.8 Å². The van der Waals surface area contributed by atoms with Crippen molar-refractivity contribution in [1.82, 2.24) is 10.3 Å². The van der Waals surface area contributed by atoms with Crippen molar-refractivity contribution in [3.63, 3.8) is 0 Å². The predicted octanol–water partition coefficient (Wildman–Crippen LogP) is 3.45. The Hall–Kier alpha value is -2.59. The van der Waals surface area contributed by atoms with Gasteiger partial charge in [0.1, 0.15) is 11.5 Å². The molecule has 0 aliphatic heterocycles. The second-order valence-corrected chi connectivity index (χ2v) is 4.76. The van der Waals surface area contributed by atoms with E-state index in [4.69, 9.17) is 4.74 Å². The molecular weight excluding hydrogens is 264 g/mol. The highest BCUT2D eigenvalue weighted by Crippen LogP contribution is 2.31. The molecule has 106 valence electrons. The second kappa shape index (κ2) is 5.81. The molecule has 0 unspecified atom stereocenters. The number of hydrogen-bond acceptors (Lipinski definition) is 4. The van der Waals surface area contributed by atoms with Gasteiger partial charge in [-0.25, -0.2) is 4.98 Å². The van der Waals surface area contributed by atoms with E-state index in [0.717, 1.165) is 22.1 Å². The minimum Gasteiger partial charge on any atom is -0.508 e. The summed E-state index contributed by atoms with van der Waals surface area (Å²) in [5.41, 5.74) is 1.05. The zero-order valence-electron chi connectivity index (χ0n) is 11.7. The lowest BCUT2D eigenvalue weighted by molar-refractivity contribution is 0.459. The lowest BCUT2D eigenvalue weighted by Crippen LogP contribution is -2.06. The Morgan fingerprint density at radius 1 is 1.14 bits per heavy atom. The molecule has 4 heteroatoms. The van der Waals surface area contributed by atoms with E-state index in [9.17, 15) is 5.11 Å². The van der Waals surface area contributed by atoms with Crippen molar-refractivity contribution in [1.29, 1.82) is 0 Å². The molecule has 21 heavy (non-hydrogen) atoms. The normalized spacial score (nSPS) is 10.7. The van der Waals surface area contributed by atoms with Crippen molar-refractivity contribution in [3.05, 3.63) is 60.3 Å². The van der Waals surface area contributed by atoms with Crippen LogP contribution in [0.15, 0.2) is 54.7 Å². The summed E-state index contributed by atoms with van der Waals surface area (Å²) in [4.78, 5) is 4.29. The fourth-order valence-corrected chi connectivity index (χ4v) is 2.25. The van der Waals surface area contributed by atoms with Gasteiger partial charge in [0.15, 0.2) is 0 Å². The summed E-state index contributed by atoms with van der Waals surface area (Å²) >= 11 is 0. The number of phenols is 1. The Bertz CT molecular complexity index is 772. The minimum atomic E-state index is 0.198. The van der Waals surface area contributed by atoms with E-state index in [0.29, 0.717) is 12.4 Å². The zero-order valence-corrected chi connectivity index (χ0v) is 11.7. The molecule has 3 rings (SSSR count). The van der Waals surface area contributed by atoms with Crippen LogP contribution in [0.1, 0.15) is 5.56 Å². The van der Waals surface area contributed by atoms with Crippen molar-refractivity contribution in [2.24, 2.45) is 0 Å². The number of nitrogens with zero attached hydrogens (tertiary/aromatic N) is 1. The van der Waals surface area contributed by atoms with Crippen LogP contribution in [0, 0.1) is 0 Å². The Morgan fingerprint density at radius 2 is 2.00 bits per heavy atom. The van der Waals surface area contributed by atoms with Crippen LogP contribution in [-0.4, -0.2) is 17.1 Å². The molecule has 0 aliphatic rings. The maximum atomic E-state index is 9.67. The van der Waals surface area contributed by atoms with Crippen LogP contribution >= 0.6 is 0 Å². The minimum absolute atomic E-state index is 0.198. The summed E-state index contributed by atoms with van der Waals surface area (Å²) in [5.74, 6) is 1.45. The molecule has 2 aromatic carbocycles. The first-order valence-electron chi connectivity index (χ1n) is 6.76. The molecule has 3 aromatic rings. The summed E-state index contributed by atoms with van der Waals surface area (Å²) in [5, 5.41) is 14.5. The first kappa shape index (κ1) is 13.4. The summed E-state index contributed by atoms with van der Waals surface area (Å²) in [6.07, 6.45) is 1.70. The van der Waals surface area contributed by atoms with Gasteiger partial charge in [-0.3, -0.25) is 0 Å². The summed E-state index contributed by atoms with van der Waals surface area (Å²) < 4.78 is 5.97. The highest BCUT2D eigenvalue weighted by Gasteiger charge is 2.08. The molecule has 0 fully saturated rings. The van der Waals surface area contributed by atoms with Crippen molar-refractivity contribution in [2.75, 3.05) is 7.05 Å². The van der Waals surface area contributed by atoms with Gasteiger partial charge in [-0.2, -0.15) is 0 Å². The van der Waals surface area contributed by atoms with Gasteiger partial charge in [0, 0.05) is 23.7 Å². The number of aromatic nitrogens is 1. The van der Waals surface area contributed by atoms with E-state index in [2.05, 4.69) is 10.3 Å². The number of para-hydroxylation sites is 1. The molecule has 0 radical (unpaired) electrons. The second-order valence-electron chi connectivity index (χ2n) is 4.76. The van der Waals surface area contributed by atoms with Crippen molar-refractivity contribution in [2.45, 2.75) is 6.54 Å². The molecule has 4 nitrogen and oxygen atoms in total. The zero-order chi connectivity index (χ0) is 14.7. The lowest BCUT2D eigenvalue weighted by Gasteiger charge is -2.11. The molecule has 1 aromatic heterocycles. The van der Waals surface area contributed by atoms with Gasteiger partial charge >= 0.3 is 0 Å². The fourth-order valence-electron chi connectivity index (χ4n) is 2.25. The Labute approximate surface area is 123 Å². The molecule has 0 amide bonds. The van der Waals surface area contributed by atoms with Crippen molar-refractivity contribution < 1.29 is 9.84 Å². The third-order valence-electron chi connectivity index (χ3n) is 3.26. The number of fused-ring (bicyclic) bond motifs is 1. The first-order valence-corrected chi connectivity index (χ1v) is 6.76. The van der Waals surface area contributed by atoms with Gasteiger partial charge in [-0.05, 0) is 36.7 Å². The maximum absolute atomic E-state index is 9.67. The number of ether oxygens (including phenoxy) is 1. The van der Waals surface area contributed by atoms with Crippen LogP contribution < -0.4 is 10.1 Å². The highest BCUT2D eigenvalue weighted by molar-refractivity contribution is 5.88. The van der Waals surface area contributed by atoms with Crippen LogP contribution in [0.25, 0.3) is 10.8 Å².